The van der Waals surface area contributed by atoms with E-state index in [1.54, 1.807) is 18.0 Å². The first-order valence-electron chi connectivity index (χ1n) is 7.75. The zero-order chi connectivity index (χ0) is 17.3. The molecule has 0 N–H and O–H groups in total. The van der Waals surface area contributed by atoms with Crippen LogP contribution in [0.3, 0.4) is 0 Å². The highest BCUT2D eigenvalue weighted by Gasteiger charge is 2.19. The van der Waals surface area contributed by atoms with Crippen LogP contribution in [0.1, 0.15) is 26.3 Å². The van der Waals surface area contributed by atoms with Gasteiger partial charge in [-0.3, -0.25) is 4.79 Å². The molecular formula is C19H19ClN2OS. The van der Waals surface area contributed by atoms with Crippen molar-refractivity contribution in [3.05, 3.63) is 69.6 Å². The predicted octanol–water partition coefficient (Wildman–Crippen LogP) is 5.10. The fraction of sp³-hybridized carbons (Fsp3) is 0.263. The Morgan fingerprint density at radius 1 is 1.12 bits per heavy atom. The highest BCUT2D eigenvalue weighted by Crippen LogP contribution is 2.30. The van der Waals surface area contributed by atoms with Crippen molar-refractivity contribution in [1.82, 2.24) is 9.78 Å². The van der Waals surface area contributed by atoms with E-state index >= 15 is 0 Å². The molecule has 0 atom stereocenters. The molecule has 0 aliphatic carbocycles. The molecule has 2 aromatic carbocycles. The summed E-state index contributed by atoms with van der Waals surface area (Å²) in [7, 11) is 0. The monoisotopic (exact) mass is 358 g/mol. The summed E-state index contributed by atoms with van der Waals surface area (Å²) in [4.78, 5) is 13.1. The molecule has 3 rings (SSSR count). The van der Waals surface area contributed by atoms with Crippen molar-refractivity contribution in [1.29, 1.82) is 0 Å². The Morgan fingerprint density at radius 3 is 2.58 bits per heavy atom. The predicted molar refractivity (Wildman–Crippen MR) is 102 cm³/mol. The van der Waals surface area contributed by atoms with Gasteiger partial charge in [0, 0.05) is 5.75 Å². The third kappa shape index (κ3) is 3.35. The summed E-state index contributed by atoms with van der Waals surface area (Å²) in [6, 6.07) is 14.5. The van der Waals surface area contributed by atoms with Gasteiger partial charge >= 0.3 is 0 Å². The molecule has 1 heterocycles. The Hall–Kier alpha value is -1.78. The Labute approximate surface area is 150 Å². The second-order valence-corrected chi connectivity index (χ2v) is 8.03. The van der Waals surface area contributed by atoms with Crippen molar-refractivity contribution >= 4 is 34.1 Å². The zero-order valence-electron chi connectivity index (χ0n) is 13.9. The lowest BCUT2D eigenvalue weighted by Gasteiger charge is -2.21. The topological polar surface area (TPSA) is 34.9 Å². The SMILES string of the molecule is CC(C)(C)n1ncc(SCc2cccc3ccccc23)c(Cl)c1=O. The Balaban J connectivity index is 1.90. The molecule has 1 aromatic heterocycles. The Bertz CT molecular complexity index is 939. The van der Waals surface area contributed by atoms with Gasteiger partial charge in [-0.15, -0.1) is 11.8 Å². The van der Waals surface area contributed by atoms with Gasteiger partial charge < -0.3 is 0 Å². The first kappa shape index (κ1) is 17.1. The number of fused-ring (bicyclic) bond motifs is 1. The molecule has 0 saturated carbocycles. The van der Waals surface area contributed by atoms with Gasteiger partial charge in [0.1, 0.15) is 5.02 Å². The van der Waals surface area contributed by atoms with Crippen molar-refractivity contribution in [2.24, 2.45) is 0 Å². The molecule has 124 valence electrons. The van der Waals surface area contributed by atoms with E-state index in [1.165, 1.54) is 21.0 Å². The standard InChI is InChI=1S/C19H19ClN2OS/c1-19(2,3)22-18(23)17(20)16(11-21-22)24-12-14-9-6-8-13-7-4-5-10-15(13)14/h4-11H,12H2,1-3H3. The number of hydrogen-bond acceptors (Lipinski definition) is 3. The molecule has 0 fully saturated rings. The molecule has 0 bridgehead atoms. The Morgan fingerprint density at radius 2 is 1.83 bits per heavy atom. The highest BCUT2D eigenvalue weighted by molar-refractivity contribution is 7.98. The normalized spacial score (nSPS) is 11.8. The lowest BCUT2D eigenvalue weighted by Crippen LogP contribution is -2.36. The van der Waals surface area contributed by atoms with E-state index in [9.17, 15) is 4.79 Å². The smallest absolute Gasteiger partial charge is 0.266 e. The summed E-state index contributed by atoms with van der Waals surface area (Å²) < 4.78 is 1.43. The van der Waals surface area contributed by atoms with E-state index in [0.29, 0.717) is 0 Å². The number of benzene rings is 2. The van der Waals surface area contributed by atoms with Gasteiger partial charge in [0.15, 0.2) is 0 Å². The molecule has 5 heteroatoms. The van der Waals surface area contributed by atoms with Crippen LogP contribution >= 0.6 is 23.4 Å². The third-order valence-corrected chi connectivity index (χ3v) is 5.34. The summed E-state index contributed by atoms with van der Waals surface area (Å²) in [5.74, 6) is 0.738. The number of hydrogen-bond donors (Lipinski definition) is 0. The van der Waals surface area contributed by atoms with Crippen LogP contribution in [-0.4, -0.2) is 9.78 Å². The van der Waals surface area contributed by atoms with E-state index in [0.717, 1.165) is 10.6 Å². The van der Waals surface area contributed by atoms with Crippen LogP contribution in [0.2, 0.25) is 5.02 Å². The average Bonchev–Trinajstić information content (AvgIpc) is 2.55. The molecule has 0 aliphatic heterocycles. The van der Waals surface area contributed by atoms with Gasteiger partial charge in [0.05, 0.1) is 16.6 Å². The van der Waals surface area contributed by atoms with Crippen LogP contribution in [0, 0.1) is 0 Å². The summed E-state index contributed by atoms with van der Waals surface area (Å²) >= 11 is 7.84. The van der Waals surface area contributed by atoms with Gasteiger partial charge in [0.25, 0.3) is 5.56 Å². The maximum Gasteiger partial charge on any atom is 0.287 e. The maximum atomic E-state index is 12.4. The third-order valence-electron chi connectivity index (χ3n) is 3.79. The van der Waals surface area contributed by atoms with Crippen LogP contribution in [0.25, 0.3) is 10.8 Å². The fourth-order valence-electron chi connectivity index (χ4n) is 2.57. The van der Waals surface area contributed by atoms with Gasteiger partial charge in [-0.1, -0.05) is 54.1 Å². The zero-order valence-corrected chi connectivity index (χ0v) is 15.5. The Kier molecular flexibility index (Phi) is 4.70. The minimum Gasteiger partial charge on any atom is -0.266 e. The van der Waals surface area contributed by atoms with Crippen molar-refractivity contribution < 1.29 is 0 Å². The lowest BCUT2D eigenvalue weighted by molar-refractivity contribution is 0.336. The number of nitrogens with zero attached hydrogens (tertiary/aromatic N) is 2. The maximum absolute atomic E-state index is 12.4. The largest absolute Gasteiger partial charge is 0.287 e. The summed E-state index contributed by atoms with van der Waals surface area (Å²) in [5, 5.41) is 6.96. The van der Waals surface area contributed by atoms with Crippen molar-refractivity contribution in [2.45, 2.75) is 37.0 Å². The van der Waals surface area contributed by atoms with E-state index in [4.69, 9.17) is 11.6 Å². The molecule has 0 radical (unpaired) electrons. The highest BCUT2D eigenvalue weighted by atomic mass is 35.5. The molecule has 0 aliphatic rings. The van der Waals surface area contributed by atoms with Crippen molar-refractivity contribution in [3.8, 4) is 0 Å². The number of aromatic nitrogens is 2. The van der Waals surface area contributed by atoms with E-state index in [2.05, 4.69) is 35.4 Å². The second-order valence-electron chi connectivity index (χ2n) is 6.64. The van der Waals surface area contributed by atoms with Crippen LogP contribution in [0.15, 0.2) is 58.4 Å². The molecule has 0 spiro atoms. The average molecular weight is 359 g/mol. The summed E-state index contributed by atoms with van der Waals surface area (Å²) in [6.07, 6.45) is 1.69. The molecule has 0 unspecified atom stereocenters. The fourth-order valence-corrected chi connectivity index (χ4v) is 3.76. The van der Waals surface area contributed by atoms with Gasteiger partial charge in [-0.2, -0.15) is 5.10 Å². The van der Waals surface area contributed by atoms with E-state index < -0.39 is 0 Å². The minimum absolute atomic E-state index is 0.241. The number of halogens is 1. The molecule has 0 amide bonds. The molecular weight excluding hydrogens is 340 g/mol. The van der Waals surface area contributed by atoms with Gasteiger partial charge in [-0.25, -0.2) is 4.68 Å². The van der Waals surface area contributed by atoms with Crippen LogP contribution in [0.4, 0.5) is 0 Å². The molecule has 3 aromatic rings. The van der Waals surface area contributed by atoms with E-state index in [-0.39, 0.29) is 16.1 Å². The number of thioether (sulfide) groups is 1. The second kappa shape index (κ2) is 6.61. The first-order valence-corrected chi connectivity index (χ1v) is 9.12. The lowest BCUT2D eigenvalue weighted by atomic mass is 10.1. The quantitative estimate of drug-likeness (QED) is 0.611. The van der Waals surface area contributed by atoms with Crippen LogP contribution in [-0.2, 0) is 11.3 Å². The van der Waals surface area contributed by atoms with Crippen molar-refractivity contribution in [3.63, 3.8) is 0 Å². The molecule has 0 saturated heterocycles. The first-order chi connectivity index (χ1) is 11.4. The number of rotatable bonds is 3. The van der Waals surface area contributed by atoms with Crippen LogP contribution < -0.4 is 5.56 Å². The summed E-state index contributed by atoms with van der Waals surface area (Å²) in [5.41, 5.74) is 0.584. The minimum atomic E-state index is -0.389. The summed E-state index contributed by atoms with van der Waals surface area (Å²) in [6.45, 7) is 5.79. The van der Waals surface area contributed by atoms with Gasteiger partial charge in [0.2, 0.25) is 0 Å². The molecule has 24 heavy (non-hydrogen) atoms. The molecule has 3 nitrogen and oxygen atoms in total. The van der Waals surface area contributed by atoms with E-state index in [1.807, 2.05) is 32.9 Å². The van der Waals surface area contributed by atoms with Gasteiger partial charge in [-0.05, 0) is 37.1 Å². The van der Waals surface area contributed by atoms with Crippen LogP contribution in [0.5, 0.6) is 0 Å². The van der Waals surface area contributed by atoms with Crippen molar-refractivity contribution in [2.75, 3.05) is 0 Å².